The Balaban J connectivity index is 3.28. The average molecular weight is 193 g/mol. The summed E-state index contributed by atoms with van der Waals surface area (Å²) in [5.74, 6) is -0.488. The average Bonchev–Trinajstić information content (AvgIpc) is 2.15. The van der Waals surface area contributed by atoms with Gasteiger partial charge in [-0.1, -0.05) is 6.07 Å². The Morgan fingerprint density at radius 3 is 2.64 bits per heavy atom. The van der Waals surface area contributed by atoms with Gasteiger partial charge in [-0.15, -0.1) is 0 Å². The van der Waals surface area contributed by atoms with Crippen LogP contribution in [-0.2, 0) is 0 Å². The van der Waals surface area contributed by atoms with Crippen molar-refractivity contribution in [1.82, 2.24) is 0 Å². The first-order valence-electron chi connectivity index (χ1n) is 4.47. The van der Waals surface area contributed by atoms with Gasteiger partial charge in [-0.2, -0.15) is 0 Å². The second-order valence-electron chi connectivity index (χ2n) is 3.12. The van der Waals surface area contributed by atoms with Crippen LogP contribution < -0.4 is 16.4 Å². The van der Waals surface area contributed by atoms with Crippen molar-refractivity contribution in [2.75, 3.05) is 24.2 Å². The molecule has 0 aliphatic rings. The quantitative estimate of drug-likeness (QED) is 0.698. The fraction of sp³-hybridized carbons (Fsp3) is 0.300. The number of benzene rings is 1. The minimum absolute atomic E-state index is 0.400. The Morgan fingerprint density at radius 1 is 1.50 bits per heavy atom. The Morgan fingerprint density at radius 2 is 2.14 bits per heavy atom. The summed E-state index contributed by atoms with van der Waals surface area (Å²) < 4.78 is 0. The molecule has 0 fully saturated rings. The third kappa shape index (κ3) is 1.79. The molecule has 0 saturated carbocycles. The zero-order valence-corrected chi connectivity index (χ0v) is 8.45. The van der Waals surface area contributed by atoms with E-state index < -0.39 is 5.91 Å². The molecular formula is C10H15N3O. The number of rotatable bonds is 3. The van der Waals surface area contributed by atoms with E-state index in [4.69, 9.17) is 11.5 Å². The lowest BCUT2D eigenvalue weighted by atomic mass is 10.1. The van der Waals surface area contributed by atoms with Crippen molar-refractivity contribution in [1.29, 1.82) is 0 Å². The van der Waals surface area contributed by atoms with Crippen LogP contribution in [0, 0.1) is 0 Å². The summed E-state index contributed by atoms with van der Waals surface area (Å²) in [6.07, 6.45) is 0. The van der Waals surface area contributed by atoms with Gasteiger partial charge in [0, 0.05) is 19.3 Å². The fourth-order valence-corrected chi connectivity index (χ4v) is 1.31. The molecule has 0 heterocycles. The standard InChI is InChI=1S/C10H15N3O/c1-3-13(2)8-6-4-5-7(11)9(8)10(12)14/h4-6H,3,11H2,1-2H3,(H2,12,14). The summed E-state index contributed by atoms with van der Waals surface area (Å²) in [5, 5.41) is 0. The molecule has 1 rings (SSSR count). The summed E-state index contributed by atoms with van der Waals surface area (Å²) in [6.45, 7) is 2.79. The summed E-state index contributed by atoms with van der Waals surface area (Å²) in [7, 11) is 1.89. The first kappa shape index (κ1) is 10.4. The molecule has 0 aliphatic carbocycles. The number of anilines is 2. The normalized spacial score (nSPS) is 9.86. The van der Waals surface area contributed by atoms with Crippen LogP contribution in [0.5, 0.6) is 0 Å². The maximum Gasteiger partial charge on any atom is 0.252 e. The molecule has 1 aromatic rings. The fourth-order valence-electron chi connectivity index (χ4n) is 1.31. The molecule has 4 nitrogen and oxygen atoms in total. The molecule has 1 aromatic carbocycles. The topological polar surface area (TPSA) is 72.3 Å². The van der Waals surface area contributed by atoms with Gasteiger partial charge in [-0.25, -0.2) is 0 Å². The smallest absolute Gasteiger partial charge is 0.252 e. The van der Waals surface area contributed by atoms with Crippen molar-refractivity contribution in [2.24, 2.45) is 5.73 Å². The van der Waals surface area contributed by atoms with Crippen molar-refractivity contribution >= 4 is 17.3 Å². The lowest BCUT2D eigenvalue weighted by Gasteiger charge is -2.20. The van der Waals surface area contributed by atoms with Gasteiger partial charge in [0.25, 0.3) is 5.91 Å². The van der Waals surface area contributed by atoms with Gasteiger partial charge in [-0.3, -0.25) is 4.79 Å². The van der Waals surface area contributed by atoms with Crippen molar-refractivity contribution in [3.05, 3.63) is 23.8 Å². The monoisotopic (exact) mass is 193 g/mol. The molecule has 0 saturated heterocycles. The van der Waals surface area contributed by atoms with Crippen molar-refractivity contribution in [3.8, 4) is 0 Å². The van der Waals surface area contributed by atoms with E-state index in [0.717, 1.165) is 12.2 Å². The largest absolute Gasteiger partial charge is 0.398 e. The van der Waals surface area contributed by atoms with E-state index in [1.807, 2.05) is 31.0 Å². The molecule has 0 radical (unpaired) electrons. The summed E-state index contributed by atoms with van der Waals surface area (Å²) in [5.41, 5.74) is 12.6. The van der Waals surface area contributed by atoms with Crippen molar-refractivity contribution in [2.45, 2.75) is 6.92 Å². The SMILES string of the molecule is CCN(C)c1cccc(N)c1C(N)=O. The number of nitrogen functional groups attached to an aromatic ring is 1. The van der Waals surface area contributed by atoms with Crippen LogP contribution in [0.25, 0.3) is 0 Å². The van der Waals surface area contributed by atoms with Gasteiger partial charge in [0.15, 0.2) is 0 Å². The molecule has 0 aliphatic heterocycles. The highest BCUT2D eigenvalue weighted by Gasteiger charge is 2.13. The van der Waals surface area contributed by atoms with Crippen LogP contribution in [0.3, 0.4) is 0 Å². The van der Waals surface area contributed by atoms with Crippen LogP contribution in [0.15, 0.2) is 18.2 Å². The van der Waals surface area contributed by atoms with Crippen molar-refractivity contribution < 1.29 is 4.79 Å². The molecule has 1 amide bonds. The van der Waals surface area contributed by atoms with E-state index in [-0.39, 0.29) is 0 Å². The minimum atomic E-state index is -0.488. The van der Waals surface area contributed by atoms with Crippen LogP contribution >= 0.6 is 0 Å². The Bertz CT molecular complexity index is 349. The molecule has 0 atom stereocenters. The molecule has 0 aromatic heterocycles. The van der Waals surface area contributed by atoms with Gasteiger partial charge in [0.2, 0.25) is 0 Å². The zero-order valence-electron chi connectivity index (χ0n) is 8.45. The maximum absolute atomic E-state index is 11.2. The number of amides is 1. The van der Waals surface area contributed by atoms with E-state index in [1.54, 1.807) is 6.07 Å². The highest BCUT2D eigenvalue weighted by molar-refractivity contribution is 6.03. The van der Waals surface area contributed by atoms with E-state index in [2.05, 4.69) is 0 Å². The Hall–Kier alpha value is -1.71. The maximum atomic E-state index is 11.2. The molecule has 0 bridgehead atoms. The summed E-state index contributed by atoms with van der Waals surface area (Å²) in [4.78, 5) is 13.1. The van der Waals surface area contributed by atoms with E-state index in [9.17, 15) is 4.79 Å². The van der Waals surface area contributed by atoms with E-state index >= 15 is 0 Å². The number of carbonyl (C=O) groups is 1. The van der Waals surface area contributed by atoms with Gasteiger partial charge >= 0.3 is 0 Å². The van der Waals surface area contributed by atoms with E-state index in [1.165, 1.54) is 0 Å². The lowest BCUT2D eigenvalue weighted by molar-refractivity contribution is 0.100. The Kier molecular flexibility index (Phi) is 2.96. The molecule has 0 unspecified atom stereocenters. The third-order valence-electron chi connectivity index (χ3n) is 2.21. The zero-order chi connectivity index (χ0) is 10.7. The molecule has 4 N–H and O–H groups in total. The Labute approximate surface area is 83.5 Å². The summed E-state index contributed by atoms with van der Waals surface area (Å²) >= 11 is 0. The molecule has 76 valence electrons. The number of carbonyl (C=O) groups excluding carboxylic acids is 1. The van der Waals surface area contributed by atoms with Gasteiger partial charge < -0.3 is 16.4 Å². The number of nitrogens with two attached hydrogens (primary N) is 2. The number of primary amides is 1. The van der Waals surface area contributed by atoms with Crippen LogP contribution in [0.2, 0.25) is 0 Å². The number of hydrogen-bond donors (Lipinski definition) is 2. The highest BCUT2D eigenvalue weighted by Crippen LogP contribution is 2.24. The first-order valence-corrected chi connectivity index (χ1v) is 4.47. The molecule has 14 heavy (non-hydrogen) atoms. The molecule has 0 spiro atoms. The highest BCUT2D eigenvalue weighted by atomic mass is 16.1. The lowest BCUT2D eigenvalue weighted by Crippen LogP contribution is -2.23. The summed E-state index contributed by atoms with van der Waals surface area (Å²) in [6, 6.07) is 5.32. The predicted molar refractivity (Wildman–Crippen MR) is 58.3 cm³/mol. The third-order valence-corrected chi connectivity index (χ3v) is 2.21. The van der Waals surface area contributed by atoms with Crippen LogP contribution in [0.1, 0.15) is 17.3 Å². The van der Waals surface area contributed by atoms with Gasteiger partial charge in [0.05, 0.1) is 11.3 Å². The molecular weight excluding hydrogens is 178 g/mol. The number of hydrogen-bond acceptors (Lipinski definition) is 3. The van der Waals surface area contributed by atoms with Gasteiger partial charge in [-0.05, 0) is 19.1 Å². The van der Waals surface area contributed by atoms with E-state index in [0.29, 0.717) is 11.3 Å². The van der Waals surface area contributed by atoms with Crippen LogP contribution in [-0.4, -0.2) is 19.5 Å². The van der Waals surface area contributed by atoms with Crippen molar-refractivity contribution in [3.63, 3.8) is 0 Å². The second-order valence-corrected chi connectivity index (χ2v) is 3.12. The molecule has 4 heteroatoms. The van der Waals surface area contributed by atoms with Crippen LogP contribution in [0.4, 0.5) is 11.4 Å². The minimum Gasteiger partial charge on any atom is -0.398 e. The predicted octanol–water partition coefficient (Wildman–Crippen LogP) is 0.824. The second kappa shape index (κ2) is 4.00. The van der Waals surface area contributed by atoms with Gasteiger partial charge in [0.1, 0.15) is 0 Å². The number of nitrogens with zero attached hydrogens (tertiary/aromatic N) is 1. The first-order chi connectivity index (χ1) is 6.57.